The number of hydrogen-bond acceptors (Lipinski definition) is 4. The average molecular weight is 313 g/mol. The van der Waals surface area contributed by atoms with Crippen LogP contribution in [-0.4, -0.2) is 47.2 Å². The van der Waals surface area contributed by atoms with E-state index in [1.165, 1.54) is 24.3 Å². The number of carbonyl (C=O) groups excluding carboxylic acids is 1. The van der Waals surface area contributed by atoms with Gasteiger partial charge in [-0.1, -0.05) is 12.7 Å². The second-order valence-electron chi connectivity index (χ2n) is 5.90. The van der Waals surface area contributed by atoms with E-state index in [0.717, 1.165) is 5.70 Å². The molecule has 1 amide bonds. The van der Waals surface area contributed by atoms with Crippen LogP contribution in [0.2, 0.25) is 0 Å². The van der Waals surface area contributed by atoms with E-state index >= 15 is 0 Å². The molecule has 0 aromatic heterocycles. The van der Waals surface area contributed by atoms with Crippen LogP contribution in [0.3, 0.4) is 0 Å². The quantitative estimate of drug-likeness (QED) is 0.368. The summed E-state index contributed by atoms with van der Waals surface area (Å²) in [6.45, 7) is 11.1. The zero-order chi connectivity index (χ0) is 17.2. The number of hydrogen-bond donors (Lipinski definition) is 0. The van der Waals surface area contributed by atoms with Crippen LogP contribution < -0.4 is 0 Å². The molecule has 1 fully saturated rings. The summed E-state index contributed by atoms with van der Waals surface area (Å²) in [7, 11) is 1.96. The summed E-state index contributed by atoms with van der Waals surface area (Å²) < 4.78 is 0. The molecule has 23 heavy (non-hydrogen) atoms. The maximum atomic E-state index is 12.9. The number of piperazine rings is 1. The van der Waals surface area contributed by atoms with Gasteiger partial charge < -0.3 is 9.71 Å². The van der Waals surface area contributed by atoms with Crippen molar-refractivity contribution in [2.45, 2.75) is 18.9 Å². The fourth-order valence-electron chi connectivity index (χ4n) is 2.91. The SMILES string of the molecule is BN1CCN(C(=O)c2ccc([N+](=O)[O-])cc2)[C@@](C)(CC=C)C1=C. The van der Waals surface area contributed by atoms with Gasteiger partial charge in [0.05, 0.1) is 10.5 Å². The lowest BCUT2D eigenvalue weighted by atomic mass is 9.86. The largest absolute Gasteiger partial charge is 0.422 e. The summed E-state index contributed by atoms with van der Waals surface area (Å²) in [5.41, 5.74) is 0.716. The lowest BCUT2D eigenvalue weighted by molar-refractivity contribution is -0.384. The van der Waals surface area contributed by atoms with Gasteiger partial charge in [0.1, 0.15) is 0 Å². The zero-order valence-electron chi connectivity index (χ0n) is 13.5. The normalized spacial score (nSPS) is 21.2. The Morgan fingerprint density at radius 1 is 1.43 bits per heavy atom. The molecule has 0 saturated carbocycles. The molecule has 2 rings (SSSR count). The van der Waals surface area contributed by atoms with Gasteiger partial charge in [-0.05, 0) is 25.5 Å². The van der Waals surface area contributed by atoms with Crippen LogP contribution in [0.15, 0.2) is 49.2 Å². The van der Waals surface area contributed by atoms with Gasteiger partial charge in [0.15, 0.2) is 0 Å². The van der Waals surface area contributed by atoms with Gasteiger partial charge in [-0.15, -0.1) is 6.58 Å². The second kappa shape index (κ2) is 6.28. The third-order valence-corrected chi connectivity index (χ3v) is 4.45. The number of nitro benzene ring substituents is 1. The highest BCUT2D eigenvalue weighted by atomic mass is 16.6. The molecule has 1 aromatic rings. The van der Waals surface area contributed by atoms with Crippen LogP contribution >= 0.6 is 0 Å². The molecular weight excluding hydrogens is 293 g/mol. The van der Waals surface area contributed by atoms with Crippen molar-refractivity contribution in [3.05, 3.63) is 64.9 Å². The first-order valence-electron chi connectivity index (χ1n) is 7.39. The van der Waals surface area contributed by atoms with Crippen LogP contribution in [-0.2, 0) is 0 Å². The van der Waals surface area contributed by atoms with Crippen molar-refractivity contribution in [1.29, 1.82) is 0 Å². The fraction of sp³-hybridized carbons (Fsp3) is 0.312. The third-order valence-electron chi connectivity index (χ3n) is 4.45. The summed E-state index contributed by atoms with van der Waals surface area (Å²) in [5, 5.41) is 10.7. The number of non-ortho nitro benzene ring substituents is 1. The van der Waals surface area contributed by atoms with E-state index in [-0.39, 0.29) is 11.6 Å². The molecule has 0 radical (unpaired) electrons. The molecule has 6 nitrogen and oxygen atoms in total. The Balaban J connectivity index is 2.34. The van der Waals surface area contributed by atoms with E-state index < -0.39 is 10.5 Å². The highest BCUT2D eigenvalue weighted by molar-refractivity contribution is 6.06. The predicted molar refractivity (Wildman–Crippen MR) is 91.7 cm³/mol. The molecule has 7 heteroatoms. The van der Waals surface area contributed by atoms with Crippen LogP contribution in [0, 0.1) is 10.1 Å². The van der Waals surface area contributed by atoms with E-state index in [4.69, 9.17) is 0 Å². The molecule has 0 spiro atoms. The zero-order valence-corrected chi connectivity index (χ0v) is 13.5. The minimum atomic E-state index is -0.548. The maximum Gasteiger partial charge on any atom is 0.269 e. The Labute approximate surface area is 136 Å². The van der Waals surface area contributed by atoms with Gasteiger partial charge in [0.25, 0.3) is 11.6 Å². The van der Waals surface area contributed by atoms with Crippen molar-refractivity contribution in [1.82, 2.24) is 9.71 Å². The van der Waals surface area contributed by atoms with E-state index in [1.807, 2.05) is 19.7 Å². The van der Waals surface area contributed by atoms with Gasteiger partial charge >= 0.3 is 0 Å². The Morgan fingerprint density at radius 3 is 2.57 bits per heavy atom. The number of carbonyl (C=O) groups is 1. The molecule has 1 aromatic carbocycles. The monoisotopic (exact) mass is 313 g/mol. The van der Waals surface area contributed by atoms with Gasteiger partial charge in [0.2, 0.25) is 7.98 Å². The Kier molecular flexibility index (Phi) is 4.59. The topological polar surface area (TPSA) is 66.7 Å². The average Bonchev–Trinajstić information content (AvgIpc) is 2.53. The number of nitrogens with zero attached hydrogens (tertiary/aromatic N) is 3. The van der Waals surface area contributed by atoms with Gasteiger partial charge in [-0.25, -0.2) is 0 Å². The van der Waals surface area contributed by atoms with Crippen LogP contribution in [0.1, 0.15) is 23.7 Å². The molecule has 1 aliphatic heterocycles. The molecule has 0 aliphatic carbocycles. The Morgan fingerprint density at radius 2 is 2.04 bits per heavy atom. The van der Waals surface area contributed by atoms with Crippen LogP contribution in [0.4, 0.5) is 5.69 Å². The summed E-state index contributed by atoms with van der Waals surface area (Å²) >= 11 is 0. The minimum absolute atomic E-state index is 0.0295. The molecule has 0 N–H and O–H groups in total. The lowest BCUT2D eigenvalue weighted by Gasteiger charge is -2.50. The summed E-state index contributed by atoms with van der Waals surface area (Å²) in [4.78, 5) is 27.0. The Hall–Kier alpha value is -2.57. The van der Waals surface area contributed by atoms with Crippen molar-refractivity contribution < 1.29 is 9.72 Å². The van der Waals surface area contributed by atoms with E-state index in [1.54, 1.807) is 11.0 Å². The van der Waals surface area contributed by atoms with Crippen molar-refractivity contribution in [3.8, 4) is 0 Å². The maximum absolute atomic E-state index is 12.9. The van der Waals surface area contributed by atoms with Crippen molar-refractivity contribution >= 4 is 19.6 Å². The van der Waals surface area contributed by atoms with E-state index in [0.29, 0.717) is 25.1 Å². The summed E-state index contributed by atoms with van der Waals surface area (Å²) in [5.74, 6) is -0.154. The standard InChI is InChI=1S/C16H20BN3O3/c1-4-9-16(3)12(2)19(17)11-10-18(16)15(21)13-5-7-14(8-6-13)20(22)23/h4-8H,1-2,9-11,17H2,3H3/t16-/m0/s1. The molecule has 1 aliphatic rings. The number of benzene rings is 1. The first kappa shape index (κ1) is 16.8. The smallest absolute Gasteiger partial charge is 0.269 e. The van der Waals surface area contributed by atoms with Crippen molar-refractivity contribution in [2.75, 3.05) is 13.1 Å². The summed E-state index contributed by atoms with van der Waals surface area (Å²) in [6, 6.07) is 5.69. The third kappa shape index (κ3) is 2.99. The highest BCUT2D eigenvalue weighted by Gasteiger charge is 2.41. The van der Waals surface area contributed by atoms with E-state index in [2.05, 4.69) is 13.2 Å². The first-order chi connectivity index (χ1) is 10.8. The molecule has 1 heterocycles. The van der Waals surface area contributed by atoms with Gasteiger partial charge in [-0.2, -0.15) is 0 Å². The van der Waals surface area contributed by atoms with Crippen LogP contribution in [0.25, 0.3) is 0 Å². The number of rotatable bonds is 4. The Bertz CT molecular complexity index is 659. The molecule has 0 unspecified atom stereocenters. The minimum Gasteiger partial charge on any atom is -0.422 e. The highest BCUT2D eigenvalue weighted by Crippen LogP contribution is 2.34. The first-order valence-corrected chi connectivity index (χ1v) is 7.39. The van der Waals surface area contributed by atoms with Crippen molar-refractivity contribution in [2.24, 2.45) is 0 Å². The molecule has 120 valence electrons. The predicted octanol–water partition coefficient (Wildman–Crippen LogP) is 1.75. The van der Waals surface area contributed by atoms with E-state index in [9.17, 15) is 14.9 Å². The van der Waals surface area contributed by atoms with Crippen LogP contribution in [0.5, 0.6) is 0 Å². The number of amides is 1. The molecule has 0 bridgehead atoms. The van der Waals surface area contributed by atoms with Gasteiger partial charge in [0, 0.05) is 36.5 Å². The molecular formula is C16H20BN3O3. The molecule has 1 saturated heterocycles. The lowest BCUT2D eigenvalue weighted by Crippen LogP contribution is -2.60. The number of nitro groups is 1. The fourth-order valence-corrected chi connectivity index (χ4v) is 2.91. The molecule has 1 atom stereocenters. The van der Waals surface area contributed by atoms with Gasteiger partial charge in [-0.3, -0.25) is 14.9 Å². The summed E-state index contributed by atoms with van der Waals surface area (Å²) in [6.07, 6.45) is 2.37. The van der Waals surface area contributed by atoms with Crippen molar-refractivity contribution in [3.63, 3.8) is 0 Å². The second-order valence-corrected chi connectivity index (χ2v) is 5.90.